The highest BCUT2D eigenvalue weighted by Crippen LogP contribution is 2.26. The van der Waals surface area contributed by atoms with Crippen molar-refractivity contribution in [3.8, 4) is 17.1 Å². The smallest absolute Gasteiger partial charge is 0.240 e. The van der Waals surface area contributed by atoms with Crippen molar-refractivity contribution < 1.29 is 4.74 Å². The van der Waals surface area contributed by atoms with Crippen molar-refractivity contribution in [1.29, 1.82) is 0 Å². The molecule has 15 heavy (non-hydrogen) atoms. The highest BCUT2D eigenvalue weighted by atomic mass is 16.5. The number of aryl methyl sites for hydroxylation is 2. The van der Waals surface area contributed by atoms with Crippen LogP contribution in [0.15, 0.2) is 18.6 Å². The molecule has 0 N–H and O–H groups in total. The van der Waals surface area contributed by atoms with Gasteiger partial charge in [-0.2, -0.15) is 5.10 Å². The molecule has 0 bridgehead atoms. The van der Waals surface area contributed by atoms with Crippen LogP contribution in [-0.2, 0) is 7.05 Å². The molecule has 0 unspecified atom stereocenters. The highest BCUT2D eigenvalue weighted by Gasteiger charge is 2.13. The summed E-state index contributed by atoms with van der Waals surface area (Å²) in [4.78, 5) is 8.36. The van der Waals surface area contributed by atoms with E-state index in [0.717, 1.165) is 17.0 Å². The Morgan fingerprint density at radius 3 is 2.60 bits per heavy atom. The average Bonchev–Trinajstić information content (AvgIpc) is 2.57. The van der Waals surface area contributed by atoms with Crippen molar-refractivity contribution in [2.75, 3.05) is 7.11 Å². The van der Waals surface area contributed by atoms with Gasteiger partial charge >= 0.3 is 0 Å². The fourth-order valence-corrected chi connectivity index (χ4v) is 1.49. The Kier molecular flexibility index (Phi) is 2.37. The first kappa shape index (κ1) is 9.64. The quantitative estimate of drug-likeness (QED) is 0.737. The normalized spacial score (nSPS) is 10.3. The van der Waals surface area contributed by atoms with Gasteiger partial charge in [-0.25, -0.2) is 9.97 Å². The molecule has 2 rings (SSSR count). The first-order valence-electron chi connectivity index (χ1n) is 4.58. The summed E-state index contributed by atoms with van der Waals surface area (Å²) in [6, 6.07) is 0. The molecule has 2 aromatic rings. The Labute approximate surface area is 87.7 Å². The number of nitrogens with zero attached hydrogens (tertiary/aromatic N) is 4. The van der Waals surface area contributed by atoms with E-state index in [4.69, 9.17) is 4.74 Å². The van der Waals surface area contributed by atoms with Crippen molar-refractivity contribution >= 4 is 0 Å². The van der Waals surface area contributed by atoms with E-state index < -0.39 is 0 Å². The number of aromatic nitrogens is 4. The van der Waals surface area contributed by atoms with Crippen LogP contribution in [0, 0.1) is 6.92 Å². The number of hydrogen-bond acceptors (Lipinski definition) is 4. The molecule has 2 heterocycles. The minimum absolute atomic E-state index is 0.522. The first-order valence-corrected chi connectivity index (χ1v) is 4.58. The molecule has 0 amide bonds. The highest BCUT2D eigenvalue weighted by molar-refractivity contribution is 5.65. The molecule has 5 nitrogen and oxygen atoms in total. The molecule has 0 radical (unpaired) electrons. The second-order valence-corrected chi connectivity index (χ2v) is 3.22. The molecule has 0 spiro atoms. The van der Waals surface area contributed by atoms with Gasteiger partial charge in [0.25, 0.3) is 0 Å². The second kappa shape index (κ2) is 3.68. The van der Waals surface area contributed by atoms with E-state index in [1.165, 1.54) is 0 Å². The molecule has 0 aliphatic carbocycles. The van der Waals surface area contributed by atoms with Gasteiger partial charge in [0.2, 0.25) is 5.88 Å². The van der Waals surface area contributed by atoms with Crippen molar-refractivity contribution in [3.05, 3.63) is 24.3 Å². The van der Waals surface area contributed by atoms with Crippen molar-refractivity contribution in [3.63, 3.8) is 0 Å². The van der Waals surface area contributed by atoms with Gasteiger partial charge in [-0.15, -0.1) is 0 Å². The third-order valence-electron chi connectivity index (χ3n) is 2.13. The standard InChI is InChI=1S/C10H12N4O/c1-7-8(6-14(2)13-7)9-10(15-3)12-5-4-11-9/h4-6H,1-3H3. The SMILES string of the molecule is COc1nccnc1-c1cn(C)nc1C. The summed E-state index contributed by atoms with van der Waals surface area (Å²) < 4.78 is 6.90. The van der Waals surface area contributed by atoms with Crippen LogP contribution in [0.4, 0.5) is 0 Å². The summed E-state index contributed by atoms with van der Waals surface area (Å²) in [5, 5.41) is 4.26. The Morgan fingerprint density at radius 2 is 2.00 bits per heavy atom. The minimum Gasteiger partial charge on any atom is -0.479 e. The molecule has 2 aromatic heterocycles. The molecule has 0 fully saturated rings. The van der Waals surface area contributed by atoms with Gasteiger partial charge in [0.05, 0.1) is 12.8 Å². The molecule has 0 aliphatic rings. The first-order chi connectivity index (χ1) is 7.22. The van der Waals surface area contributed by atoms with Crippen LogP contribution in [0.5, 0.6) is 5.88 Å². The fraction of sp³-hybridized carbons (Fsp3) is 0.300. The summed E-state index contributed by atoms with van der Waals surface area (Å²) in [5.74, 6) is 0.522. The molecular formula is C10H12N4O. The maximum atomic E-state index is 5.15. The Balaban J connectivity index is 2.58. The summed E-state index contributed by atoms with van der Waals surface area (Å²) in [7, 11) is 3.46. The fourth-order valence-electron chi connectivity index (χ4n) is 1.49. The molecular weight excluding hydrogens is 192 g/mol. The van der Waals surface area contributed by atoms with E-state index in [-0.39, 0.29) is 0 Å². The summed E-state index contributed by atoms with van der Waals surface area (Å²) >= 11 is 0. The van der Waals surface area contributed by atoms with Crippen LogP contribution in [0.1, 0.15) is 5.69 Å². The topological polar surface area (TPSA) is 52.8 Å². The molecule has 5 heteroatoms. The lowest BCUT2D eigenvalue weighted by molar-refractivity contribution is 0.397. The molecule has 0 aliphatic heterocycles. The summed E-state index contributed by atoms with van der Waals surface area (Å²) in [6.45, 7) is 1.93. The van der Waals surface area contributed by atoms with Crippen LogP contribution in [0.3, 0.4) is 0 Å². The molecule has 0 saturated carbocycles. The van der Waals surface area contributed by atoms with Crippen LogP contribution < -0.4 is 4.74 Å². The van der Waals surface area contributed by atoms with Crippen LogP contribution in [0.25, 0.3) is 11.3 Å². The van der Waals surface area contributed by atoms with Gasteiger partial charge in [0.1, 0.15) is 5.69 Å². The lowest BCUT2D eigenvalue weighted by Gasteiger charge is -2.03. The number of rotatable bonds is 2. The zero-order chi connectivity index (χ0) is 10.8. The van der Waals surface area contributed by atoms with E-state index in [1.807, 2.05) is 20.2 Å². The van der Waals surface area contributed by atoms with Crippen LogP contribution in [0.2, 0.25) is 0 Å². The Bertz CT molecular complexity index is 478. The van der Waals surface area contributed by atoms with E-state index in [9.17, 15) is 0 Å². The average molecular weight is 204 g/mol. The predicted molar refractivity (Wildman–Crippen MR) is 55.5 cm³/mol. The van der Waals surface area contributed by atoms with E-state index >= 15 is 0 Å². The molecule has 0 atom stereocenters. The second-order valence-electron chi connectivity index (χ2n) is 3.22. The maximum Gasteiger partial charge on any atom is 0.240 e. The summed E-state index contributed by atoms with van der Waals surface area (Å²) in [5.41, 5.74) is 2.59. The van der Waals surface area contributed by atoms with Gasteiger partial charge in [0.15, 0.2) is 0 Å². The Hall–Kier alpha value is -1.91. The predicted octanol–water partition coefficient (Wildman–Crippen LogP) is 1.19. The van der Waals surface area contributed by atoms with Gasteiger partial charge in [-0.1, -0.05) is 0 Å². The Morgan fingerprint density at radius 1 is 1.27 bits per heavy atom. The lowest BCUT2D eigenvalue weighted by Crippen LogP contribution is -1.93. The number of methoxy groups -OCH3 is 1. The largest absolute Gasteiger partial charge is 0.479 e. The van der Waals surface area contributed by atoms with E-state index in [2.05, 4.69) is 15.1 Å². The van der Waals surface area contributed by atoms with Gasteiger partial charge in [0, 0.05) is 31.2 Å². The lowest BCUT2D eigenvalue weighted by atomic mass is 10.2. The van der Waals surface area contributed by atoms with Gasteiger partial charge in [-0.05, 0) is 6.92 Å². The van der Waals surface area contributed by atoms with Crippen molar-refractivity contribution in [1.82, 2.24) is 19.7 Å². The van der Waals surface area contributed by atoms with Gasteiger partial charge in [-0.3, -0.25) is 4.68 Å². The zero-order valence-electron chi connectivity index (χ0n) is 8.93. The number of ether oxygens (including phenoxy) is 1. The minimum atomic E-state index is 0.522. The third kappa shape index (κ3) is 1.68. The van der Waals surface area contributed by atoms with Crippen molar-refractivity contribution in [2.24, 2.45) is 7.05 Å². The monoisotopic (exact) mass is 204 g/mol. The zero-order valence-corrected chi connectivity index (χ0v) is 8.93. The number of hydrogen-bond donors (Lipinski definition) is 0. The van der Waals surface area contributed by atoms with Crippen molar-refractivity contribution in [2.45, 2.75) is 6.92 Å². The van der Waals surface area contributed by atoms with E-state index in [0.29, 0.717) is 5.88 Å². The summed E-state index contributed by atoms with van der Waals surface area (Å²) in [6.07, 6.45) is 5.15. The third-order valence-corrected chi connectivity index (χ3v) is 2.13. The van der Waals surface area contributed by atoms with Crippen LogP contribution in [-0.4, -0.2) is 26.9 Å². The molecule has 78 valence electrons. The molecule has 0 saturated heterocycles. The molecule has 0 aromatic carbocycles. The maximum absolute atomic E-state index is 5.15. The van der Waals surface area contributed by atoms with E-state index in [1.54, 1.807) is 24.2 Å². The van der Waals surface area contributed by atoms with Gasteiger partial charge < -0.3 is 4.74 Å². The van der Waals surface area contributed by atoms with Crippen LogP contribution >= 0.6 is 0 Å².